The second-order valence-electron chi connectivity index (χ2n) is 3.72. The molecule has 3 nitrogen and oxygen atoms in total. The Morgan fingerprint density at radius 2 is 1.53 bits per heavy atom. The second-order valence-corrected chi connectivity index (χ2v) is 4.91. The lowest BCUT2D eigenvalue weighted by molar-refractivity contribution is 0.319. The molecule has 2 aromatic rings. The fraction of sp³-hybridized carbons (Fsp3) is 0. The zero-order valence-electron chi connectivity index (χ0n) is 9.44. The third kappa shape index (κ3) is 2.78. The molecule has 0 aliphatic carbocycles. The number of aromatic hydroxyl groups is 1. The molecule has 0 fully saturated rings. The first kappa shape index (κ1) is 14.0. The first-order chi connectivity index (χ1) is 9.04. The van der Waals surface area contributed by atoms with Crippen LogP contribution in [0.4, 0.5) is 0 Å². The van der Waals surface area contributed by atoms with Crippen LogP contribution in [0.15, 0.2) is 41.6 Å². The molecule has 6 heteroatoms. The number of phenols is 1. The van der Waals surface area contributed by atoms with E-state index in [9.17, 15) is 10.3 Å². The number of nitrogens with zero attached hydrogens (tertiary/aromatic N) is 1. The lowest BCUT2D eigenvalue weighted by Gasteiger charge is -2.09. The number of hydrogen-bond acceptors (Lipinski definition) is 3. The second kappa shape index (κ2) is 5.70. The van der Waals surface area contributed by atoms with Crippen LogP contribution in [0.5, 0.6) is 5.75 Å². The molecule has 0 atom stereocenters. The van der Waals surface area contributed by atoms with E-state index in [-0.39, 0.29) is 21.5 Å². The van der Waals surface area contributed by atoms with Crippen LogP contribution in [0, 0.1) is 0 Å². The topological polar surface area (TPSA) is 52.8 Å². The summed E-state index contributed by atoms with van der Waals surface area (Å²) in [6.07, 6.45) is 0. The summed E-state index contributed by atoms with van der Waals surface area (Å²) in [6.45, 7) is 0. The van der Waals surface area contributed by atoms with E-state index in [1.165, 1.54) is 12.1 Å². The predicted octanol–water partition coefficient (Wildman–Crippen LogP) is 4.58. The standard InChI is InChI=1S/C13H8Cl3NO2/c14-8-3-1-7(2-4-8)13(17-19)9-5-6-10(18)12(16)11(9)15/h1-6,18-19H. The van der Waals surface area contributed by atoms with Crippen LogP contribution in [-0.4, -0.2) is 16.0 Å². The minimum absolute atomic E-state index is 0.00859. The average molecular weight is 317 g/mol. The van der Waals surface area contributed by atoms with Crippen molar-refractivity contribution in [3.05, 3.63) is 62.6 Å². The number of oxime groups is 1. The van der Waals surface area contributed by atoms with Crippen LogP contribution in [0.25, 0.3) is 0 Å². The van der Waals surface area contributed by atoms with E-state index < -0.39 is 0 Å². The van der Waals surface area contributed by atoms with Crippen molar-refractivity contribution in [3.8, 4) is 5.75 Å². The van der Waals surface area contributed by atoms with Gasteiger partial charge in [0.15, 0.2) is 0 Å². The zero-order chi connectivity index (χ0) is 14.0. The number of hydrogen-bond donors (Lipinski definition) is 2. The van der Waals surface area contributed by atoms with Crippen molar-refractivity contribution in [1.82, 2.24) is 0 Å². The monoisotopic (exact) mass is 315 g/mol. The Morgan fingerprint density at radius 1 is 0.895 bits per heavy atom. The van der Waals surface area contributed by atoms with Crippen LogP contribution in [0.1, 0.15) is 11.1 Å². The lowest BCUT2D eigenvalue weighted by atomic mass is 10.0. The normalized spacial score (nSPS) is 11.6. The summed E-state index contributed by atoms with van der Waals surface area (Å²) in [5.74, 6) is -0.135. The zero-order valence-corrected chi connectivity index (χ0v) is 11.7. The van der Waals surface area contributed by atoms with E-state index in [1.807, 2.05) is 0 Å². The van der Waals surface area contributed by atoms with Gasteiger partial charge < -0.3 is 10.3 Å². The maximum Gasteiger partial charge on any atom is 0.135 e. The first-order valence-corrected chi connectivity index (χ1v) is 6.33. The van der Waals surface area contributed by atoms with Crippen molar-refractivity contribution in [2.24, 2.45) is 5.16 Å². The van der Waals surface area contributed by atoms with Gasteiger partial charge in [0, 0.05) is 16.1 Å². The number of benzene rings is 2. The molecule has 0 spiro atoms. The van der Waals surface area contributed by atoms with E-state index in [0.29, 0.717) is 16.1 Å². The van der Waals surface area contributed by atoms with Crippen LogP contribution in [0.2, 0.25) is 15.1 Å². The molecular weight excluding hydrogens is 309 g/mol. The maximum absolute atomic E-state index is 9.45. The van der Waals surface area contributed by atoms with Crippen LogP contribution in [-0.2, 0) is 0 Å². The van der Waals surface area contributed by atoms with E-state index in [2.05, 4.69) is 5.16 Å². The Kier molecular flexibility index (Phi) is 4.20. The molecule has 0 unspecified atom stereocenters. The number of rotatable bonds is 2. The molecule has 0 aliphatic heterocycles. The molecule has 0 bridgehead atoms. The van der Waals surface area contributed by atoms with E-state index in [1.54, 1.807) is 24.3 Å². The van der Waals surface area contributed by atoms with E-state index >= 15 is 0 Å². The Bertz CT molecular complexity index is 639. The van der Waals surface area contributed by atoms with Crippen molar-refractivity contribution >= 4 is 40.5 Å². The highest BCUT2D eigenvalue weighted by atomic mass is 35.5. The summed E-state index contributed by atoms with van der Waals surface area (Å²) < 4.78 is 0. The number of halogens is 3. The van der Waals surface area contributed by atoms with Gasteiger partial charge in [-0.15, -0.1) is 0 Å². The van der Waals surface area contributed by atoms with Gasteiger partial charge >= 0.3 is 0 Å². The molecule has 2 aromatic carbocycles. The van der Waals surface area contributed by atoms with Crippen molar-refractivity contribution in [3.63, 3.8) is 0 Å². The summed E-state index contributed by atoms with van der Waals surface area (Å²) in [6, 6.07) is 9.61. The molecule has 2 N–H and O–H groups in total. The Morgan fingerprint density at radius 3 is 2.11 bits per heavy atom. The molecule has 2 rings (SSSR count). The molecule has 0 radical (unpaired) electrons. The van der Waals surface area contributed by atoms with Gasteiger partial charge in [-0.1, -0.05) is 52.1 Å². The van der Waals surface area contributed by atoms with Gasteiger partial charge in [-0.25, -0.2) is 0 Å². The third-order valence-electron chi connectivity index (χ3n) is 2.53. The maximum atomic E-state index is 9.45. The molecule has 0 heterocycles. The van der Waals surface area contributed by atoms with E-state index in [0.717, 1.165) is 0 Å². The SMILES string of the molecule is ON=C(c1ccc(Cl)cc1)c1ccc(O)c(Cl)c1Cl. The fourth-order valence-corrected chi connectivity index (χ4v) is 2.14. The molecule has 98 valence electrons. The van der Waals surface area contributed by atoms with Gasteiger partial charge in [0.05, 0.1) is 5.02 Å². The van der Waals surface area contributed by atoms with Gasteiger partial charge in [-0.05, 0) is 24.3 Å². The molecule has 0 amide bonds. The molecule has 0 aliphatic rings. The van der Waals surface area contributed by atoms with Crippen molar-refractivity contribution in [2.75, 3.05) is 0 Å². The Balaban J connectivity index is 2.55. The highest BCUT2D eigenvalue weighted by molar-refractivity contribution is 6.45. The van der Waals surface area contributed by atoms with Crippen molar-refractivity contribution in [2.45, 2.75) is 0 Å². The summed E-state index contributed by atoms with van der Waals surface area (Å²) in [5, 5.41) is 22.6. The van der Waals surface area contributed by atoms with Crippen molar-refractivity contribution in [1.29, 1.82) is 0 Å². The van der Waals surface area contributed by atoms with Crippen LogP contribution >= 0.6 is 34.8 Å². The molecular formula is C13H8Cl3NO2. The first-order valence-electron chi connectivity index (χ1n) is 5.20. The van der Waals surface area contributed by atoms with Gasteiger partial charge in [0.25, 0.3) is 0 Å². The number of phenolic OH excluding ortho intramolecular Hbond substituents is 1. The lowest BCUT2D eigenvalue weighted by Crippen LogP contribution is -2.04. The minimum atomic E-state index is -0.135. The predicted molar refractivity (Wildman–Crippen MR) is 77.0 cm³/mol. The smallest absolute Gasteiger partial charge is 0.135 e. The summed E-state index contributed by atoms with van der Waals surface area (Å²) in [5.41, 5.74) is 1.27. The minimum Gasteiger partial charge on any atom is -0.506 e. The quantitative estimate of drug-likeness (QED) is 0.484. The highest BCUT2D eigenvalue weighted by Crippen LogP contribution is 2.35. The Hall–Kier alpha value is -1.42. The molecule has 0 saturated carbocycles. The third-order valence-corrected chi connectivity index (χ3v) is 3.66. The molecule has 0 saturated heterocycles. The Labute approximate surface area is 124 Å². The summed E-state index contributed by atoms with van der Waals surface area (Å²) in [7, 11) is 0. The van der Waals surface area contributed by atoms with Gasteiger partial charge in [-0.3, -0.25) is 0 Å². The molecule has 19 heavy (non-hydrogen) atoms. The van der Waals surface area contributed by atoms with Gasteiger partial charge in [0.2, 0.25) is 0 Å². The average Bonchev–Trinajstić information content (AvgIpc) is 2.41. The summed E-state index contributed by atoms with van der Waals surface area (Å²) >= 11 is 17.7. The highest BCUT2D eigenvalue weighted by Gasteiger charge is 2.16. The summed E-state index contributed by atoms with van der Waals surface area (Å²) in [4.78, 5) is 0. The van der Waals surface area contributed by atoms with Crippen LogP contribution in [0.3, 0.4) is 0 Å². The van der Waals surface area contributed by atoms with Gasteiger partial charge in [0.1, 0.15) is 16.5 Å². The molecule has 0 aromatic heterocycles. The van der Waals surface area contributed by atoms with Gasteiger partial charge in [-0.2, -0.15) is 0 Å². The van der Waals surface area contributed by atoms with Crippen molar-refractivity contribution < 1.29 is 10.3 Å². The largest absolute Gasteiger partial charge is 0.506 e. The van der Waals surface area contributed by atoms with E-state index in [4.69, 9.17) is 34.8 Å². The fourth-order valence-electron chi connectivity index (χ4n) is 1.60. The van der Waals surface area contributed by atoms with Crippen LogP contribution < -0.4 is 0 Å².